The second-order valence-electron chi connectivity index (χ2n) is 7.02. The standard InChI is InChI=1S/C19H20F2N6O2S/c1-13-10-14(2)27(24-13)18-11-17(22-12-23-18)25-6-8-26(9-7-25)30(28,29)19-15(20)4-3-5-16(19)21/h3-5,10-12H,6-9H2,1-2H3. The zero-order valence-electron chi connectivity index (χ0n) is 16.5. The normalized spacial score (nSPS) is 15.5. The third-order valence-corrected chi connectivity index (χ3v) is 6.90. The van der Waals surface area contributed by atoms with Gasteiger partial charge in [-0.1, -0.05) is 6.07 Å². The maximum absolute atomic E-state index is 14.0. The van der Waals surface area contributed by atoms with E-state index in [9.17, 15) is 17.2 Å². The van der Waals surface area contributed by atoms with Gasteiger partial charge in [-0.15, -0.1) is 0 Å². The predicted octanol–water partition coefficient (Wildman–Crippen LogP) is 2.07. The van der Waals surface area contributed by atoms with Crippen LogP contribution in [0.3, 0.4) is 0 Å². The number of aromatic nitrogens is 4. The number of rotatable bonds is 4. The molecule has 3 aromatic rings. The van der Waals surface area contributed by atoms with Gasteiger partial charge in [0, 0.05) is 37.9 Å². The summed E-state index contributed by atoms with van der Waals surface area (Å²) in [7, 11) is -4.27. The minimum Gasteiger partial charge on any atom is -0.354 e. The first-order valence-corrected chi connectivity index (χ1v) is 10.8. The molecule has 0 N–H and O–H groups in total. The number of halogens is 2. The number of sulfonamides is 1. The quantitative estimate of drug-likeness (QED) is 0.625. The molecule has 0 amide bonds. The van der Waals surface area contributed by atoms with E-state index in [2.05, 4.69) is 15.1 Å². The van der Waals surface area contributed by atoms with Gasteiger partial charge in [0.05, 0.1) is 5.69 Å². The third kappa shape index (κ3) is 3.65. The van der Waals surface area contributed by atoms with Crippen LogP contribution in [0.4, 0.5) is 14.6 Å². The van der Waals surface area contributed by atoms with Crippen molar-refractivity contribution < 1.29 is 17.2 Å². The number of nitrogens with zero attached hydrogens (tertiary/aromatic N) is 6. The summed E-state index contributed by atoms with van der Waals surface area (Å²) in [6.07, 6.45) is 1.43. The first-order chi connectivity index (χ1) is 14.3. The second-order valence-corrected chi connectivity index (χ2v) is 8.89. The number of piperazine rings is 1. The average Bonchev–Trinajstić information content (AvgIpc) is 3.06. The van der Waals surface area contributed by atoms with E-state index in [4.69, 9.17) is 0 Å². The SMILES string of the molecule is Cc1cc(C)n(-c2cc(N3CCN(S(=O)(=O)c4c(F)cccc4F)CC3)ncn2)n1. The summed E-state index contributed by atoms with van der Waals surface area (Å²) in [6.45, 7) is 4.62. The minimum atomic E-state index is -4.27. The van der Waals surface area contributed by atoms with Crippen LogP contribution in [0.2, 0.25) is 0 Å². The molecule has 0 atom stereocenters. The number of benzene rings is 1. The van der Waals surface area contributed by atoms with Crippen molar-refractivity contribution in [2.45, 2.75) is 18.7 Å². The molecule has 0 spiro atoms. The van der Waals surface area contributed by atoms with Gasteiger partial charge in [0.15, 0.2) is 10.7 Å². The van der Waals surface area contributed by atoms with Gasteiger partial charge in [0.1, 0.15) is 23.8 Å². The highest BCUT2D eigenvalue weighted by atomic mass is 32.2. The summed E-state index contributed by atoms with van der Waals surface area (Å²) in [6, 6.07) is 6.73. The highest BCUT2D eigenvalue weighted by molar-refractivity contribution is 7.89. The Kier molecular flexibility index (Phi) is 5.24. The van der Waals surface area contributed by atoms with Crippen molar-refractivity contribution >= 4 is 15.8 Å². The molecule has 158 valence electrons. The molecule has 1 aliphatic rings. The fourth-order valence-electron chi connectivity index (χ4n) is 3.50. The molecule has 0 unspecified atom stereocenters. The molecule has 1 fully saturated rings. The van der Waals surface area contributed by atoms with Crippen LogP contribution in [0.1, 0.15) is 11.4 Å². The van der Waals surface area contributed by atoms with Crippen LogP contribution < -0.4 is 4.90 Å². The van der Waals surface area contributed by atoms with Crippen LogP contribution in [0.25, 0.3) is 5.82 Å². The third-order valence-electron chi connectivity index (χ3n) is 4.94. The smallest absolute Gasteiger partial charge is 0.249 e. The first kappa shape index (κ1) is 20.4. The molecule has 4 rings (SSSR count). The topological polar surface area (TPSA) is 84.2 Å². The van der Waals surface area contributed by atoms with E-state index in [1.807, 2.05) is 24.8 Å². The van der Waals surface area contributed by atoms with Gasteiger partial charge in [0.25, 0.3) is 0 Å². The fourth-order valence-corrected chi connectivity index (χ4v) is 5.03. The Bertz CT molecular complexity index is 1170. The Balaban J connectivity index is 1.53. The van der Waals surface area contributed by atoms with Crippen molar-refractivity contribution in [1.82, 2.24) is 24.1 Å². The van der Waals surface area contributed by atoms with Gasteiger partial charge in [0.2, 0.25) is 10.0 Å². The molecule has 0 bridgehead atoms. The summed E-state index contributed by atoms with van der Waals surface area (Å²) in [4.78, 5) is 9.54. The van der Waals surface area contributed by atoms with Gasteiger partial charge in [-0.3, -0.25) is 0 Å². The Morgan fingerprint density at radius 1 is 0.933 bits per heavy atom. The summed E-state index contributed by atoms with van der Waals surface area (Å²) >= 11 is 0. The molecule has 0 radical (unpaired) electrons. The Hall–Kier alpha value is -2.92. The lowest BCUT2D eigenvalue weighted by atomic mass is 10.3. The average molecular weight is 434 g/mol. The van der Waals surface area contributed by atoms with Gasteiger partial charge < -0.3 is 4.90 Å². The largest absolute Gasteiger partial charge is 0.354 e. The molecule has 1 aromatic carbocycles. The lowest BCUT2D eigenvalue weighted by molar-refractivity contribution is 0.377. The molecule has 0 aliphatic carbocycles. The molecule has 2 aromatic heterocycles. The van der Waals surface area contributed by atoms with Crippen molar-refractivity contribution in [1.29, 1.82) is 0 Å². The number of anilines is 1. The predicted molar refractivity (Wildman–Crippen MR) is 106 cm³/mol. The maximum Gasteiger partial charge on any atom is 0.249 e. The molecule has 0 saturated carbocycles. The lowest BCUT2D eigenvalue weighted by Crippen LogP contribution is -2.49. The molecule has 11 heteroatoms. The van der Waals surface area contributed by atoms with E-state index in [0.717, 1.165) is 33.9 Å². The van der Waals surface area contributed by atoms with Crippen molar-refractivity contribution in [3.63, 3.8) is 0 Å². The zero-order chi connectivity index (χ0) is 21.5. The Morgan fingerprint density at radius 3 is 2.17 bits per heavy atom. The highest BCUT2D eigenvalue weighted by Crippen LogP contribution is 2.25. The van der Waals surface area contributed by atoms with Gasteiger partial charge in [-0.05, 0) is 32.0 Å². The van der Waals surface area contributed by atoms with Crippen LogP contribution >= 0.6 is 0 Å². The lowest BCUT2D eigenvalue weighted by Gasteiger charge is -2.34. The van der Waals surface area contributed by atoms with E-state index in [-0.39, 0.29) is 13.1 Å². The van der Waals surface area contributed by atoms with E-state index < -0.39 is 26.6 Å². The summed E-state index contributed by atoms with van der Waals surface area (Å²) in [5.41, 5.74) is 1.80. The van der Waals surface area contributed by atoms with Crippen LogP contribution in [0.5, 0.6) is 0 Å². The summed E-state index contributed by atoms with van der Waals surface area (Å²) in [5, 5.41) is 4.41. The van der Waals surface area contributed by atoms with Crippen LogP contribution in [-0.2, 0) is 10.0 Å². The highest BCUT2D eigenvalue weighted by Gasteiger charge is 2.33. The first-order valence-electron chi connectivity index (χ1n) is 9.32. The van der Waals surface area contributed by atoms with E-state index in [0.29, 0.717) is 24.7 Å². The summed E-state index contributed by atoms with van der Waals surface area (Å²) in [5.74, 6) is -0.957. The van der Waals surface area contributed by atoms with Crippen molar-refractivity contribution in [2.75, 3.05) is 31.1 Å². The van der Waals surface area contributed by atoms with Crippen molar-refractivity contribution in [3.8, 4) is 5.82 Å². The zero-order valence-corrected chi connectivity index (χ0v) is 17.3. The van der Waals surface area contributed by atoms with Crippen molar-refractivity contribution in [3.05, 3.63) is 59.7 Å². The van der Waals surface area contributed by atoms with E-state index in [1.165, 1.54) is 6.33 Å². The van der Waals surface area contributed by atoms with Gasteiger partial charge in [-0.25, -0.2) is 31.8 Å². The molecule has 1 aliphatic heterocycles. The molecule has 30 heavy (non-hydrogen) atoms. The maximum atomic E-state index is 14.0. The van der Waals surface area contributed by atoms with Gasteiger partial charge >= 0.3 is 0 Å². The second kappa shape index (κ2) is 7.73. The minimum absolute atomic E-state index is 0.0787. The van der Waals surface area contributed by atoms with Gasteiger partial charge in [-0.2, -0.15) is 9.40 Å². The van der Waals surface area contributed by atoms with E-state index >= 15 is 0 Å². The Labute approximate surface area is 172 Å². The van der Waals surface area contributed by atoms with E-state index in [1.54, 1.807) is 10.7 Å². The number of aryl methyl sites for hydroxylation is 2. The summed E-state index contributed by atoms with van der Waals surface area (Å²) < 4.78 is 56.3. The Morgan fingerprint density at radius 2 is 1.57 bits per heavy atom. The molecular formula is C19H20F2N6O2S. The van der Waals surface area contributed by atoms with Crippen molar-refractivity contribution in [2.24, 2.45) is 0 Å². The molecule has 1 saturated heterocycles. The molecule has 3 heterocycles. The number of hydrogen-bond acceptors (Lipinski definition) is 6. The van der Waals surface area contributed by atoms with Crippen LogP contribution in [0.15, 0.2) is 41.6 Å². The monoisotopic (exact) mass is 434 g/mol. The van der Waals surface area contributed by atoms with Crippen LogP contribution in [-0.4, -0.2) is 58.7 Å². The molecule has 8 nitrogen and oxygen atoms in total. The molecular weight excluding hydrogens is 414 g/mol. The van der Waals surface area contributed by atoms with Crippen LogP contribution in [0, 0.1) is 25.5 Å². The fraction of sp³-hybridized carbons (Fsp3) is 0.316. The number of hydrogen-bond donors (Lipinski definition) is 0.